The van der Waals surface area contributed by atoms with Gasteiger partial charge in [-0.1, -0.05) is 131 Å². The first-order chi connectivity index (χ1) is 16.2. The van der Waals surface area contributed by atoms with E-state index in [0.717, 1.165) is 51.9 Å². The van der Waals surface area contributed by atoms with Gasteiger partial charge in [-0.15, -0.1) is 0 Å². The summed E-state index contributed by atoms with van der Waals surface area (Å²) in [7, 11) is 0. The average Bonchev–Trinajstić information content (AvgIpc) is 2.83. The summed E-state index contributed by atoms with van der Waals surface area (Å²) in [5.74, 6) is -0.507. The van der Waals surface area contributed by atoms with Gasteiger partial charge < -0.3 is 14.2 Å². The van der Waals surface area contributed by atoms with Gasteiger partial charge in [-0.05, 0) is 32.1 Å². The number of ether oxygens (including phenoxy) is 3. The van der Waals surface area contributed by atoms with Gasteiger partial charge in [0.15, 0.2) is 0 Å². The van der Waals surface area contributed by atoms with Crippen LogP contribution < -0.4 is 0 Å². The van der Waals surface area contributed by atoms with E-state index in [-0.39, 0.29) is 0 Å². The van der Waals surface area contributed by atoms with Crippen molar-refractivity contribution in [1.82, 2.24) is 0 Å². The SMILES string of the molecule is CCCCCCCCC(CCCCC)C(OCCCCC)(OCCCCC)OCCCCC. The van der Waals surface area contributed by atoms with Crippen LogP contribution in [0, 0.1) is 5.92 Å². The molecular weight excluding hydrogens is 408 g/mol. The van der Waals surface area contributed by atoms with Crippen molar-refractivity contribution in [3.8, 4) is 0 Å². The van der Waals surface area contributed by atoms with E-state index in [2.05, 4.69) is 34.6 Å². The lowest BCUT2D eigenvalue weighted by atomic mass is 9.91. The molecule has 0 aliphatic carbocycles. The van der Waals surface area contributed by atoms with E-state index in [9.17, 15) is 0 Å². The Bertz CT molecular complexity index is 340. The summed E-state index contributed by atoms with van der Waals surface area (Å²) in [5.41, 5.74) is 0. The highest BCUT2D eigenvalue weighted by Gasteiger charge is 2.42. The fourth-order valence-electron chi connectivity index (χ4n) is 4.49. The summed E-state index contributed by atoms with van der Waals surface area (Å²) in [5, 5.41) is 0. The molecular formula is C30H62O3. The summed E-state index contributed by atoms with van der Waals surface area (Å²) in [6, 6.07) is 0. The van der Waals surface area contributed by atoms with Gasteiger partial charge in [0.25, 0.3) is 5.97 Å². The van der Waals surface area contributed by atoms with Gasteiger partial charge >= 0.3 is 0 Å². The van der Waals surface area contributed by atoms with Crippen LogP contribution in [0.25, 0.3) is 0 Å². The minimum absolute atomic E-state index is 0.333. The van der Waals surface area contributed by atoms with E-state index in [1.165, 1.54) is 96.3 Å². The van der Waals surface area contributed by atoms with Crippen molar-refractivity contribution < 1.29 is 14.2 Å². The Balaban J connectivity index is 5.38. The fraction of sp³-hybridized carbons (Fsp3) is 1.00. The monoisotopic (exact) mass is 470 g/mol. The van der Waals surface area contributed by atoms with Crippen LogP contribution in [0.3, 0.4) is 0 Å². The maximum absolute atomic E-state index is 6.64. The first-order valence-corrected chi connectivity index (χ1v) is 15.1. The first-order valence-electron chi connectivity index (χ1n) is 15.1. The fourth-order valence-corrected chi connectivity index (χ4v) is 4.49. The van der Waals surface area contributed by atoms with Gasteiger partial charge in [-0.3, -0.25) is 0 Å². The maximum atomic E-state index is 6.64. The van der Waals surface area contributed by atoms with Crippen molar-refractivity contribution in [1.29, 1.82) is 0 Å². The number of unbranched alkanes of at least 4 members (excludes halogenated alkanes) is 13. The van der Waals surface area contributed by atoms with Crippen LogP contribution >= 0.6 is 0 Å². The lowest BCUT2D eigenvalue weighted by Gasteiger charge is -2.40. The Morgan fingerprint density at radius 1 is 0.394 bits per heavy atom. The second-order valence-corrected chi connectivity index (χ2v) is 10.0. The molecule has 0 aliphatic heterocycles. The Morgan fingerprint density at radius 3 is 1.12 bits per heavy atom. The van der Waals surface area contributed by atoms with Crippen molar-refractivity contribution in [2.75, 3.05) is 19.8 Å². The molecule has 0 amide bonds. The quantitative estimate of drug-likeness (QED) is 0.0882. The molecule has 0 radical (unpaired) electrons. The molecule has 0 aromatic rings. The van der Waals surface area contributed by atoms with Crippen LogP contribution in [-0.2, 0) is 14.2 Å². The molecule has 0 spiro atoms. The summed E-state index contributed by atoms with van der Waals surface area (Å²) < 4.78 is 19.9. The lowest BCUT2D eigenvalue weighted by molar-refractivity contribution is -0.407. The molecule has 0 aromatic heterocycles. The van der Waals surface area contributed by atoms with E-state index in [4.69, 9.17) is 14.2 Å². The van der Waals surface area contributed by atoms with E-state index < -0.39 is 5.97 Å². The van der Waals surface area contributed by atoms with E-state index in [1.807, 2.05) is 0 Å². The summed E-state index contributed by atoms with van der Waals surface area (Å²) in [6.07, 6.45) is 24.6. The zero-order valence-corrected chi connectivity index (χ0v) is 23.6. The van der Waals surface area contributed by atoms with Crippen LogP contribution in [0.5, 0.6) is 0 Å². The zero-order valence-electron chi connectivity index (χ0n) is 23.6. The average molecular weight is 471 g/mol. The summed E-state index contributed by atoms with van der Waals surface area (Å²) in [6.45, 7) is 13.6. The van der Waals surface area contributed by atoms with Gasteiger partial charge in [0.2, 0.25) is 0 Å². The van der Waals surface area contributed by atoms with Gasteiger partial charge in [0.05, 0.1) is 19.8 Å². The molecule has 33 heavy (non-hydrogen) atoms. The van der Waals surface area contributed by atoms with Crippen LogP contribution in [0.15, 0.2) is 0 Å². The van der Waals surface area contributed by atoms with E-state index in [1.54, 1.807) is 0 Å². The molecule has 3 heteroatoms. The zero-order chi connectivity index (χ0) is 24.5. The third-order valence-electron chi connectivity index (χ3n) is 6.72. The molecule has 0 bridgehead atoms. The lowest BCUT2D eigenvalue weighted by Crippen LogP contribution is -2.47. The molecule has 0 fully saturated rings. The normalized spacial score (nSPS) is 13.0. The number of rotatable bonds is 27. The molecule has 0 rings (SSSR count). The predicted octanol–water partition coefficient (Wildman–Crippen LogP) is 10.2. The highest BCUT2D eigenvalue weighted by Crippen LogP contribution is 2.35. The van der Waals surface area contributed by atoms with E-state index >= 15 is 0 Å². The topological polar surface area (TPSA) is 27.7 Å². The summed E-state index contributed by atoms with van der Waals surface area (Å²) in [4.78, 5) is 0. The summed E-state index contributed by atoms with van der Waals surface area (Å²) >= 11 is 0. The minimum atomic E-state index is -0.841. The highest BCUT2D eigenvalue weighted by atomic mass is 16.9. The smallest absolute Gasteiger partial charge is 0.285 e. The van der Waals surface area contributed by atoms with Gasteiger partial charge in [0, 0.05) is 5.92 Å². The number of hydrogen-bond donors (Lipinski definition) is 0. The van der Waals surface area contributed by atoms with E-state index in [0.29, 0.717) is 5.92 Å². The second kappa shape index (κ2) is 25.0. The minimum Gasteiger partial charge on any atom is -0.327 e. The Hall–Kier alpha value is -0.120. The van der Waals surface area contributed by atoms with Crippen molar-refractivity contribution >= 4 is 0 Å². The van der Waals surface area contributed by atoms with Gasteiger partial charge in [-0.25, -0.2) is 0 Å². The molecule has 0 saturated carbocycles. The van der Waals surface area contributed by atoms with Crippen LogP contribution in [0.1, 0.15) is 163 Å². The largest absolute Gasteiger partial charge is 0.327 e. The van der Waals surface area contributed by atoms with Crippen molar-refractivity contribution in [3.05, 3.63) is 0 Å². The van der Waals surface area contributed by atoms with Crippen molar-refractivity contribution in [3.63, 3.8) is 0 Å². The molecule has 0 heterocycles. The van der Waals surface area contributed by atoms with Crippen LogP contribution in [0.4, 0.5) is 0 Å². The molecule has 0 aliphatic rings. The molecule has 200 valence electrons. The van der Waals surface area contributed by atoms with Crippen LogP contribution in [-0.4, -0.2) is 25.8 Å². The third kappa shape index (κ3) is 17.9. The van der Waals surface area contributed by atoms with Gasteiger partial charge in [-0.2, -0.15) is 0 Å². The van der Waals surface area contributed by atoms with Crippen molar-refractivity contribution in [2.45, 2.75) is 169 Å². The first kappa shape index (κ1) is 32.9. The Kier molecular flexibility index (Phi) is 24.9. The molecule has 1 atom stereocenters. The molecule has 0 N–H and O–H groups in total. The van der Waals surface area contributed by atoms with Gasteiger partial charge in [0.1, 0.15) is 0 Å². The highest BCUT2D eigenvalue weighted by molar-refractivity contribution is 4.74. The molecule has 0 aromatic carbocycles. The molecule has 1 unspecified atom stereocenters. The number of hydrogen-bond acceptors (Lipinski definition) is 3. The van der Waals surface area contributed by atoms with Crippen LogP contribution in [0.2, 0.25) is 0 Å². The standard InChI is InChI=1S/C30H62O3/c1-6-11-16-17-18-20-25-29(24-19-12-7-2)30(31-26-21-13-8-3,32-27-22-14-9-4)33-28-23-15-10-5/h29H,6-28H2,1-5H3. The Morgan fingerprint density at radius 2 is 0.697 bits per heavy atom. The molecule has 0 saturated heterocycles. The second-order valence-electron chi connectivity index (χ2n) is 10.0. The predicted molar refractivity (Wildman–Crippen MR) is 145 cm³/mol. The Labute approximate surface area is 209 Å². The maximum Gasteiger partial charge on any atom is 0.285 e. The van der Waals surface area contributed by atoms with Crippen molar-refractivity contribution in [2.24, 2.45) is 5.92 Å². The third-order valence-corrected chi connectivity index (χ3v) is 6.72. The molecule has 3 nitrogen and oxygen atoms in total.